The number of thioether (sulfide) groups is 1. The Kier molecular flexibility index (Phi) is 7.97. The largest absolute Gasteiger partial charge is 0.467 e. The van der Waals surface area contributed by atoms with Crippen molar-refractivity contribution in [2.45, 2.75) is 36.7 Å². The number of hydrogen-bond acceptors (Lipinski definition) is 9. The molecule has 0 spiro atoms. The third-order valence-electron chi connectivity index (χ3n) is 5.43. The summed E-state index contributed by atoms with van der Waals surface area (Å²) in [6.45, 7) is 1.72. The summed E-state index contributed by atoms with van der Waals surface area (Å²) in [7, 11) is 2.78. The van der Waals surface area contributed by atoms with Crippen LogP contribution >= 0.6 is 11.8 Å². The molecule has 0 saturated carbocycles. The summed E-state index contributed by atoms with van der Waals surface area (Å²) < 4.78 is 55.1. The van der Waals surface area contributed by atoms with Gasteiger partial charge in [0, 0.05) is 24.7 Å². The van der Waals surface area contributed by atoms with Gasteiger partial charge in [0.15, 0.2) is 11.8 Å². The van der Waals surface area contributed by atoms with Gasteiger partial charge < -0.3 is 15.8 Å². The fraction of sp³-hybridized carbons (Fsp3) is 0.409. The summed E-state index contributed by atoms with van der Waals surface area (Å²) in [5.74, 6) is -2.19. The summed E-state index contributed by atoms with van der Waals surface area (Å²) >= 11 is 1.04. The first-order chi connectivity index (χ1) is 17.2. The predicted molar refractivity (Wildman–Crippen MR) is 127 cm³/mol. The Morgan fingerprint density at radius 1 is 1.24 bits per heavy atom. The summed E-state index contributed by atoms with van der Waals surface area (Å²) in [4.78, 5) is 42.3. The minimum atomic E-state index is -4.55. The lowest BCUT2D eigenvalue weighted by Gasteiger charge is -2.41. The van der Waals surface area contributed by atoms with E-state index in [-0.39, 0.29) is 28.5 Å². The topological polar surface area (TPSA) is 132 Å². The van der Waals surface area contributed by atoms with Crippen molar-refractivity contribution in [2.75, 3.05) is 26.1 Å². The smallest absolute Gasteiger partial charge is 0.422 e. The Hall–Kier alpha value is -3.46. The minimum absolute atomic E-state index is 0.0666. The lowest BCUT2D eigenvalue weighted by Crippen LogP contribution is -2.50. The molecule has 0 radical (unpaired) electrons. The van der Waals surface area contributed by atoms with Crippen molar-refractivity contribution in [1.82, 2.24) is 15.0 Å². The fourth-order valence-electron chi connectivity index (χ4n) is 3.79. The normalized spacial score (nSPS) is 21.7. The zero-order valence-corrected chi connectivity index (χ0v) is 21.0. The van der Waals surface area contributed by atoms with Crippen LogP contribution in [0.3, 0.4) is 0 Å². The van der Waals surface area contributed by atoms with Gasteiger partial charge in [-0.2, -0.15) is 13.2 Å². The lowest BCUT2D eigenvalue weighted by molar-refractivity contribution is -0.171. The number of alkyl halides is 3. The second-order valence-electron chi connectivity index (χ2n) is 8.51. The van der Waals surface area contributed by atoms with Gasteiger partial charge in [0.25, 0.3) is 11.8 Å². The van der Waals surface area contributed by atoms with Crippen molar-refractivity contribution < 1.29 is 36.7 Å². The molecule has 0 aliphatic carbocycles. The van der Waals surface area contributed by atoms with Gasteiger partial charge in [0.2, 0.25) is 5.88 Å². The number of hydroxylamine groups is 2. The molecule has 1 aliphatic heterocycles. The molecule has 1 aromatic heterocycles. The van der Waals surface area contributed by atoms with Crippen LogP contribution in [0.4, 0.5) is 23.2 Å². The molecule has 2 heterocycles. The quantitative estimate of drug-likeness (QED) is 0.401. The van der Waals surface area contributed by atoms with Gasteiger partial charge in [-0.05, 0) is 32.0 Å². The average Bonchev–Trinajstić information content (AvgIpc) is 2.81. The van der Waals surface area contributed by atoms with E-state index in [2.05, 4.69) is 25.0 Å². The number of aliphatic imine (C=N–C) groups is 1. The van der Waals surface area contributed by atoms with Crippen molar-refractivity contribution in [2.24, 2.45) is 10.7 Å². The van der Waals surface area contributed by atoms with Crippen LogP contribution < -0.4 is 15.8 Å². The highest BCUT2D eigenvalue weighted by Gasteiger charge is 2.49. The number of nitrogens with zero attached hydrogens (tertiary/aromatic N) is 4. The molecule has 0 saturated heterocycles. The molecule has 3 rings (SSSR count). The lowest BCUT2D eigenvalue weighted by atomic mass is 9.82. The van der Waals surface area contributed by atoms with Crippen molar-refractivity contribution >= 4 is 34.4 Å². The van der Waals surface area contributed by atoms with E-state index >= 15 is 0 Å². The maximum absolute atomic E-state index is 15.0. The zero-order chi connectivity index (χ0) is 27.6. The number of nitrogens with one attached hydrogen (secondary N) is 1. The van der Waals surface area contributed by atoms with Crippen LogP contribution in [-0.2, 0) is 15.2 Å². The number of carbonyl (C=O) groups is 2. The van der Waals surface area contributed by atoms with Crippen LogP contribution in [0.5, 0.6) is 5.88 Å². The van der Waals surface area contributed by atoms with Gasteiger partial charge in [0.05, 0.1) is 25.0 Å². The molecular weight excluding hydrogens is 520 g/mol. The first-order valence-electron chi connectivity index (χ1n) is 10.7. The van der Waals surface area contributed by atoms with Crippen LogP contribution in [0.25, 0.3) is 0 Å². The molecule has 37 heavy (non-hydrogen) atoms. The number of hydrogen-bond donors (Lipinski definition) is 2. The van der Waals surface area contributed by atoms with E-state index in [0.29, 0.717) is 0 Å². The number of ether oxygens (including phenoxy) is 1. The minimum Gasteiger partial charge on any atom is -0.467 e. The molecule has 200 valence electrons. The van der Waals surface area contributed by atoms with Crippen molar-refractivity contribution in [3.63, 3.8) is 0 Å². The molecule has 3 N–H and O–H groups in total. The molecular formula is C22H24F4N6O4S. The first-order valence-corrected chi connectivity index (χ1v) is 11.5. The molecule has 1 aliphatic rings. The highest BCUT2D eigenvalue weighted by atomic mass is 32.2. The second kappa shape index (κ2) is 10.5. The van der Waals surface area contributed by atoms with Crippen LogP contribution in [0.1, 0.15) is 36.3 Å². The maximum Gasteiger partial charge on any atom is 0.422 e. The molecule has 0 fully saturated rings. The molecule has 1 aromatic carbocycles. The zero-order valence-electron chi connectivity index (χ0n) is 20.2. The number of rotatable bonds is 7. The number of aromatic nitrogens is 2. The van der Waals surface area contributed by atoms with E-state index < -0.39 is 46.6 Å². The van der Waals surface area contributed by atoms with E-state index in [9.17, 15) is 27.2 Å². The SMILES string of the molecule is CON(C)C(=O)[C@@]1(C)C[C@@](C)(c2cc(NC(=O)c3cnc(OCC(F)(F)F)cn3)ccc2F)N=C(N)S1. The van der Waals surface area contributed by atoms with Gasteiger partial charge >= 0.3 is 6.18 Å². The monoisotopic (exact) mass is 544 g/mol. The van der Waals surface area contributed by atoms with Crippen molar-refractivity contribution in [3.05, 3.63) is 47.7 Å². The van der Waals surface area contributed by atoms with Crippen LogP contribution in [0.2, 0.25) is 0 Å². The number of nitrogens with two attached hydrogens (primary N) is 1. The highest BCUT2D eigenvalue weighted by molar-refractivity contribution is 8.15. The Labute approximate surface area is 213 Å². The fourth-order valence-corrected chi connectivity index (χ4v) is 5.07. The Balaban J connectivity index is 1.82. The van der Waals surface area contributed by atoms with Gasteiger partial charge in [0.1, 0.15) is 16.3 Å². The van der Waals surface area contributed by atoms with E-state index in [1.807, 2.05) is 0 Å². The molecule has 0 unspecified atom stereocenters. The van der Waals surface area contributed by atoms with Gasteiger partial charge in [-0.15, -0.1) is 0 Å². The second-order valence-corrected chi connectivity index (χ2v) is 10.0. The highest BCUT2D eigenvalue weighted by Crippen LogP contribution is 2.47. The van der Waals surface area contributed by atoms with Crippen molar-refractivity contribution in [1.29, 1.82) is 0 Å². The van der Waals surface area contributed by atoms with E-state index in [1.165, 1.54) is 26.3 Å². The number of carbonyl (C=O) groups excluding carboxylic acids is 2. The number of benzene rings is 1. The number of halogens is 4. The molecule has 2 atom stereocenters. The molecule has 10 nitrogen and oxygen atoms in total. The molecule has 15 heteroatoms. The van der Waals surface area contributed by atoms with E-state index in [0.717, 1.165) is 35.3 Å². The number of amidine groups is 1. The number of amides is 2. The van der Waals surface area contributed by atoms with E-state index in [1.54, 1.807) is 13.8 Å². The summed E-state index contributed by atoms with van der Waals surface area (Å²) in [5.41, 5.74) is 4.80. The third-order valence-corrected chi connectivity index (χ3v) is 6.50. The van der Waals surface area contributed by atoms with Crippen LogP contribution in [0, 0.1) is 5.82 Å². The van der Waals surface area contributed by atoms with Gasteiger partial charge in [-0.25, -0.2) is 19.4 Å². The molecule has 2 aromatic rings. The Morgan fingerprint density at radius 2 is 1.95 bits per heavy atom. The van der Waals surface area contributed by atoms with Crippen molar-refractivity contribution in [3.8, 4) is 5.88 Å². The summed E-state index contributed by atoms with van der Waals surface area (Å²) in [6, 6.07) is 3.80. The van der Waals surface area contributed by atoms with Crippen LogP contribution in [0.15, 0.2) is 35.6 Å². The summed E-state index contributed by atoms with van der Waals surface area (Å²) in [6.07, 6.45) is -2.66. The Morgan fingerprint density at radius 3 is 2.54 bits per heavy atom. The molecule has 2 amide bonds. The van der Waals surface area contributed by atoms with E-state index in [4.69, 9.17) is 10.6 Å². The predicted octanol–water partition coefficient (Wildman–Crippen LogP) is 3.25. The third kappa shape index (κ3) is 6.65. The standard InChI is InChI=1S/C22H24F4N6O4S/c1-20(10-21(2,37-19(27)31-20)18(34)32(3)35-4)13-7-12(5-6-14(13)23)30-17(33)15-8-29-16(9-28-15)36-11-22(24,25)26/h5-9H,10-11H2,1-4H3,(H2,27,31)(H,30,33)/t20-,21+/m0/s1. The van der Waals surface area contributed by atoms with Gasteiger partial charge in [-0.3, -0.25) is 19.4 Å². The Bertz CT molecular complexity index is 1210. The van der Waals surface area contributed by atoms with Gasteiger partial charge in [-0.1, -0.05) is 11.8 Å². The first kappa shape index (κ1) is 28.1. The number of anilines is 1. The van der Waals surface area contributed by atoms with Crippen LogP contribution in [-0.4, -0.2) is 63.7 Å². The maximum atomic E-state index is 15.0. The average molecular weight is 545 g/mol. The summed E-state index contributed by atoms with van der Waals surface area (Å²) in [5, 5.41) is 3.66. The molecule has 0 bridgehead atoms.